The van der Waals surface area contributed by atoms with Crippen molar-refractivity contribution < 1.29 is 14.6 Å². The summed E-state index contributed by atoms with van der Waals surface area (Å²) in [7, 11) is 0. The van der Waals surface area contributed by atoms with Crippen molar-refractivity contribution in [3.05, 3.63) is 17.8 Å². The van der Waals surface area contributed by atoms with E-state index in [-0.39, 0.29) is 23.2 Å². The van der Waals surface area contributed by atoms with E-state index in [0.717, 1.165) is 25.7 Å². The van der Waals surface area contributed by atoms with Crippen LogP contribution in [0, 0.1) is 0 Å². The molecule has 0 bridgehead atoms. The quantitative estimate of drug-likeness (QED) is 0.805. The van der Waals surface area contributed by atoms with Crippen molar-refractivity contribution in [2.45, 2.75) is 44.6 Å². The van der Waals surface area contributed by atoms with Gasteiger partial charge in [0, 0.05) is 6.20 Å². The number of aromatic carboxylic acids is 1. The first-order chi connectivity index (χ1) is 8.68. The van der Waals surface area contributed by atoms with Crippen molar-refractivity contribution in [1.82, 2.24) is 4.98 Å². The highest BCUT2D eigenvalue weighted by Gasteiger charge is 2.18. The fraction of sp³-hybridized carbons (Fsp3) is 0.538. The largest absolute Gasteiger partial charge is 0.478 e. The average molecular weight is 250 g/mol. The van der Waals surface area contributed by atoms with Gasteiger partial charge in [0.2, 0.25) is 5.88 Å². The number of nitrogens with two attached hydrogens (primary N) is 1. The molecule has 0 amide bonds. The van der Waals surface area contributed by atoms with Crippen molar-refractivity contribution in [2.75, 3.05) is 5.73 Å². The predicted octanol–water partition coefficient (Wildman–Crippen LogP) is 2.46. The van der Waals surface area contributed by atoms with Crippen molar-refractivity contribution in [2.24, 2.45) is 0 Å². The molecule has 3 N–H and O–H groups in total. The number of nitrogens with zero attached hydrogens (tertiary/aromatic N) is 1. The second-order valence-electron chi connectivity index (χ2n) is 4.61. The molecule has 0 aromatic carbocycles. The Morgan fingerprint density at radius 2 is 2.00 bits per heavy atom. The van der Waals surface area contributed by atoms with E-state index in [0.29, 0.717) is 0 Å². The second-order valence-corrected chi connectivity index (χ2v) is 4.61. The number of ether oxygens (including phenoxy) is 1. The number of anilines is 1. The monoisotopic (exact) mass is 250 g/mol. The van der Waals surface area contributed by atoms with Crippen molar-refractivity contribution in [3.8, 4) is 5.88 Å². The van der Waals surface area contributed by atoms with Gasteiger partial charge in [-0.25, -0.2) is 9.78 Å². The zero-order chi connectivity index (χ0) is 13.0. The van der Waals surface area contributed by atoms with Gasteiger partial charge in [0.15, 0.2) is 0 Å². The minimum atomic E-state index is -1.05. The van der Waals surface area contributed by atoms with Crippen LogP contribution in [0.5, 0.6) is 5.88 Å². The molecule has 18 heavy (non-hydrogen) atoms. The van der Waals surface area contributed by atoms with E-state index in [9.17, 15) is 4.79 Å². The van der Waals surface area contributed by atoms with Gasteiger partial charge in [0.25, 0.3) is 0 Å². The number of hydrogen-bond acceptors (Lipinski definition) is 4. The molecule has 0 unspecified atom stereocenters. The normalized spacial score (nSPS) is 17.1. The highest BCUT2D eigenvalue weighted by atomic mass is 16.5. The van der Waals surface area contributed by atoms with Crippen LogP contribution < -0.4 is 10.5 Å². The van der Waals surface area contributed by atoms with Crippen molar-refractivity contribution in [1.29, 1.82) is 0 Å². The van der Waals surface area contributed by atoms with Crippen LogP contribution in [0.1, 0.15) is 48.9 Å². The Labute approximate surface area is 106 Å². The number of hydrogen-bond donors (Lipinski definition) is 2. The molecule has 5 nitrogen and oxygen atoms in total. The SMILES string of the molecule is Nc1c(C(=O)O)ccnc1OC1CCCCCC1. The predicted molar refractivity (Wildman–Crippen MR) is 67.7 cm³/mol. The molecule has 0 radical (unpaired) electrons. The fourth-order valence-electron chi connectivity index (χ4n) is 2.25. The van der Waals surface area contributed by atoms with E-state index in [1.807, 2.05) is 0 Å². The van der Waals surface area contributed by atoms with Gasteiger partial charge < -0.3 is 15.6 Å². The van der Waals surface area contributed by atoms with E-state index in [2.05, 4.69) is 4.98 Å². The summed E-state index contributed by atoms with van der Waals surface area (Å²) in [6.45, 7) is 0. The van der Waals surface area contributed by atoms with E-state index >= 15 is 0 Å². The van der Waals surface area contributed by atoms with Gasteiger partial charge in [-0.3, -0.25) is 0 Å². The van der Waals surface area contributed by atoms with Crippen LogP contribution in [0.2, 0.25) is 0 Å². The van der Waals surface area contributed by atoms with Crippen molar-refractivity contribution in [3.63, 3.8) is 0 Å². The van der Waals surface area contributed by atoms with Crippen LogP contribution in [0.3, 0.4) is 0 Å². The minimum Gasteiger partial charge on any atom is -0.478 e. The maximum Gasteiger partial charge on any atom is 0.338 e. The first kappa shape index (κ1) is 12.7. The summed E-state index contributed by atoms with van der Waals surface area (Å²) < 4.78 is 5.76. The first-order valence-electron chi connectivity index (χ1n) is 6.33. The van der Waals surface area contributed by atoms with E-state index in [4.69, 9.17) is 15.6 Å². The highest BCUT2D eigenvalue weighted by molar-refractivity contribution is 5.94. The van der Waals surface area contributed by atoms with Gasteiger partial charge in [-0.05, 0) is 31.7 Å². The Kier molecular flexibility index (Phi) is 4.02. The summed E-state index contributed by atoms with van der Waals surface area (Å²) >= 11 is 0. The Morgan fingerprint density at radius 3 is 2.61 bits per heavy atom. The minimum absolute atomic E-state index is 0.0496. The Hall–Kier alpha value is -1.78. The highest BCUT2D eigenvalue weighted by Crippen LogP contribution is 2.27. The van der Waals surface area contributed by atoms with E-state index < -0.39 is 5.97 Å². The van der Waals surface area contributed by atoms with Crippen LogP contribution in [0.4, 0.5) is 5.69 Å². The summed E-state index contributed by atoms with van der Waals surface area (Å²) in [6, 6.07) is 1.39. The molecule has 0 atom stereocenters. The topological polar surface area (TPSA) is 85.4 Å². The summed E-state index contributed by atoms with van der Waals surface area (Å²) in [6.07, 6.45) is 8.25. The molecule has 1 aromatic rings. The van der Waals surface area contributed by atoms with Crippen LogP contribution in [-0.2, 0) is 0 Å². The number of nitrogen functional groups attached to an aromatic ring is 1. The molecule has 1 heterocycles. The molecule has 0 aliphatic heterocycles. The fourth-order valence-corrected chi connectivity index (χ4v) is 2.25. The van der Waals surface area contributed by atoms with Gasteiger partial charge in [-0.15, -0.1) is 0 Å². The Bertz CT molecular complexity index is 426. The number of carboxylic acid groups (broad SMARTS) is 1. The molecule has 2 rings (SSSR count). The molecule has 0 spiro atoms. The summed E-state index contributed by atoms with van der Waals surface area (Å²) in [4.78, 5) is 15.0. The lowest BCUT2D eigenvalue weighted by atomic mass is 10.1. The standard InChI is InChI=1S/C13H18N2O3/c14-11-10(13(16)17)7-8-15-12(11)18-9-5-3-1-2-4-6-9/h7-9H,1-6,14H2,(H,16,17). The first-order valence-corrected chi connectivity index (χ1v) is 6.33. The molecule has 98 valence electrons. The van der Waals surface area contributed by atoms with Crippen LogP contribution >= 0.6 is 0 Å². The lowest BCUT2D eigenvalue weighted by Crippen LogP contribution is -2.17. The molecule has 1 saturated carbocycles. The van der Waals surface area contributed by atoms with E-state index in [1.165, 1.54) is 25.1 Å². The lowest BCUT2D eigenvalue weighted by molar-refractivity contribution is 0.0697. The van der Waals surface area contributed by atoms with Gasteiger partial charge in [-0.1, -0.05) is 12.8 Å². The number of carbonyl (C=O) groups is 1. The second kappa shape index (κ2) is 5.71. The smallest absolute Gasteiger partial charge is 0.338 e. The van der Waals surface area contributed by atoms with E-state index in [1.54, 1.807) is 0 Å². The van der Waals surface area contributed by atoms with Gasteiger partial charge in [0.1, 0.15) is 11.8 Å². The van der Waals surface area contributed by atoms with Gasteiger partial charge >= 0.3 is 5.97 Å². The zero-order valence-electron chi connectivity index (χ0n) is 10.3. The average Bonchev–Trinajstić information content (AvgIpc) is 2.60. The molecular weight excluding hydrogens is 232 g/mol. The van der Waals surface area contributed by atoms with Gasteiger partial charge in [-0.2, -0.15) is 0 Å². The lowest BCUT2D eigenvalue weighted by Gasteiger charge is -2.17. The summed E-state index contributed by atoms with van der Waals surface area (Å²) in [5, 5.41) is 8.98. The molecule has 1 aliphatic carbocycles. The number of pyridine rings is 1. The van der Waals surface area contributed by atoms with Gasteiger partial charge in [0.05, 0.1) is 5.56 Å². The summed E-state index contributed by atoms with van der Waals surface area (Å²) in [5.41, 5.74) is 5.94. The Balaban J connectivity index is 2.13. The number of rotatable bonds is 3. The number of aromatic nitrogens is 1. The molecule has 1 fully saturated rings. The maximum atomic E-state index is 11.0. The molecular formula is C13H18N2O3. The molecule has 1 aromatic heterocycles. The third-order valence-corrected chi connectivity index (χ3v) is 3.26. The Morgan fingerprint density at radius 1 is 1.33 bits per heavy atom. The molecule has 1 aliphatic rings. The molecule has 5 heteroatoms. The summed E-state index contributed by atoms with van der Waals surface area (Å²) in [5.74, 6) is -0.803. The van der Waals surface area contributed by atoms with Crippen molar-refractivity contribution >= 4 is 11.7 Å². The van der Waals surface area contributed by atoms with Crippen LogP contribution in [0.15, 0.2) is 12.3 Å². The maximum absolute atomic E-state index is 11.0. The third-order valence-electron chi connectivity index (χ3n) is 3.26. The number of carboxylic acids is 1. The van der Waals surface area contributed by atoms with Crippen LogP contribution in [-0.4, -0.2) is 22.2 Å². The molecule has 0 saturated heterocycles. The van der Waals surface area contributed by atoms with Crippen LogP contribution in [0.25, 0.3) is 0 Å². The third kappa shape index (κ3) is 2.91. The zero-order valence-corrected chi connectivity index (χ0v) is 10.3.